The summed E-state index contributed by atoms with van der Waals surface area (Å²) in [5, 5.41) is 13.6. The van der Waals surface area contributed by atoms with Gasteiger partial charge in [0.25, 0.3) is 0 Å². The Morgan fingerprint density at radius 3 is 2.73 bits per heavy atom. The second-order valence-corrected chi connectivity index (χ2v) is 7.23. The summed E-state index contributed by atoms with van der Waals surface area (Å²) in [4.78, 5) is 16.7. The number of amides is 1. The Hall–Kier alpha value is -2.56. The number of methoxy groups -OCH3 is 1. The van der Waals surface area contributed by atoms with Crippen LogP contribution in [-0.2, 0) is 4.79 Å². The lowest BCUT2D eigenvalue weighted by Gasteiger charge is -2.08. The lowest BCUT2D eigenvalue weighted by atomic mass is 10.1. The predicted molar refractivity (Wildman–Crippen MR) is 107 cm³/mol. The van der Waals surface area contributed by atoms with Crippen LogP contribution in [0.1, 0.15) is 5.56 Å². The van der Waals surface area contributed by atoms with Gasteiger partial charge >= 0.3 is 0 Å². The van der Waals surface area contributed by atoms with Crippen LogP contribution in [0.15, 0.2) is 58.0 Å². The number of pyridine rings is 1. The molecule has 0 fully saturated rings. The summed E-state index contributed by atoms with van der Waals surface area (Å²) in [6.45, 7) is 0. The van der Waals surface area contributed by atoms with E-state index in [1.807, 2.05) is 42.5 Å². The number of aromatic nitrogens is 1. The maximum Gasteiger partial charge on any atom is 0.234 e. The fourth-order valence-corrected chi connectivity index (χ4v) is 3.35. The van der Waals surface area contributed by atoms with Crippen LogP contribution in [0.2, 0.25) is 0 Å². The minimum Gasteiger partial charge on any atom is -0.497 e. The highest BCUT2D eigenvalue weighted by molar-refractivity contribution is 9.10. The average molecular weight is 428 g/mol. The minimum atomic E-state index is -0.155. The van der Waals surface area contributed by atoms with Gasteiger partial charge in [-0.25, -0.2) is 4.98 Å². The molecular formula is C19H14BrN3O2S. The van der Waals surface area contributed by atoms with E-state index in [2.05, 4.69) is 32.3 Å². The third kappa shape index (κ3) is 4.34. The summed E-state index contributed by atoms with van der Waals surface area (Å²) < 4.78 is 6.14. The lowest BCUT2D eigenvalue weighted by Crippen LogP contribution is -2.14. The summed E-state index contributed by atoms with van der Waals surface area (Å²) in [6.07, 6.45) is 0. The van der Waals surface area contributed by atoms with E-state index in [1.54, 1.807) is 13.2 Å². The molecule has 1 N–H and O–H groups in total. The first-order valence-electron chi connectivity index (χ1n) is 7.66. The lowest BCUT2D eigenvalue weighted by molar-refractivity contribution is -0.113. The van der Waals surface area contributed by atoms with Crippen molar-refractivity contribution in [3.8, 4) is 11.8 Å². The zero-order valence-electron chi connectivity index (χ0n) is 13.8. The van der Waals surface area contributed by atoms with Crippen LogP contribution in [0.3, 0.4) is 0 Å². The Morgan fingerprint density at radius 2 is 2.04 bits per heavy atom. The summed E-state index contributed by atoms with van der Waals surface area (Å²) in [5.74, 6) is 0.717. The number of nitriles is 1. The van der Waals surface area contributed by atoms with Crippen LogP contribution in [0.5, 0.6) is 5.75 Å². The molecule has 7 heteroatoms. The maximum atomic E-state index is 12.1. The number of thioether (sulfide) groups is 1. The molecule has 3 aromatic rings. The molecule has 2 aromatic carbocycles. The molecule has 0 bridgehead atoms. The van der Waals surface area contributed by atoms with Gasteiger partial charge in [0.2, 0.25) is 5.91 Å². The Bertz CT molecular complexity index is 1000. The smallest absolute Gasteiger partial charge is 0.234 e. The molecule has 26 heavy (non-hydrogen) atoms. The van der Waals surface area contributed by atoms with Crippen molar-refractivity contribution in [3.05, 3.63) is 58.6 Å². The summed E-state index contributed by atoms with van der Waals surface area (Å²) in [6, 6.07) is 16.7. The van der Waals surface area contributed by atoms with Gasteiger partial charge in [0.1, 0.15) is 16.8 Å². The number of rotatable bonds is 5. The number of fused-ring (bicyclic) bond motifs is 1. The van der Waals surface area contributed by atoms with E-state index in [0.717, 1.165) is 21.1 Å². The Labute approximate surface area is 163 Å². The van der Waals surface area contributed by atoms with Gasteiger partial charge in [-0.1, -0.05) is 27.7 Å². The molecule has 130 valence electrons. The van der Waals surface area contributed by atoms with Gasteiger partial charge < -0.3 is 10.1 Å². The molecule has 1 aromatic heterocycles. The zero-order chi connectivity index (χ0) is 18.5. The Balaban J connectivity index is 1.74. The van der Waals surface area contributed by atoms with Crippen LogP contribution in [-0.4, -0.2) is 23.8 Å². The predicted octanol–water partition coefficient (Wildman–Crippen LogP) is 4.61. The van der Waals surface area contributed by atoms with Gasteiger partial charge in [-0.15, -0.1) is 0 Å². The number of nitrogens with zero attached hydrogens (tertiary/aromatic N) is 2. The van der Waals surface area contributed by atoms with Crippen molar-refractivity contribution in [2.24, 2.45) is 0 Å². The second-order valence-electron chi connectivity index (χ2n) is 5.36. The third-order valence-electron chi connectivity index (χ3n) is 3.58. The number of anilines is 1. The standard InChI is InChI=1S/C19H14BrN3O2S/c1-25-16-6-7-17-12(9-16)8-13(10-21)19(23-17)26-11-18(24)22-15-4-2-14(20)3-5-15/h2-9H,11H2,1H3,(H,22,24). The van der Waals surface area contributed by atoms with Crippen molar-refractivity contribution < 1.29 is 9.53 Å². The largest absolute Gasteiger partial charge is 0.497 e. The number of hydrogen-bond donors (Lipinski definition) is 1. The summed E-state index contributed by atoms with van der Waals surface area (Å²) >= 11 is 4.59. The van der Waals surface area contributed by atoms with Gasteiger partial charge in [0.05, 0.1) is 23.9 Å². The number of carbonyl (C=O) groups excluding carboxylic acids is 1. The normalized spacial score (nSPS) is 10.3. The fourth-order valence-electron chi connectivity index (χ4n) is 2.32. The highest BCUT2D eigenvalue weighted by Crippen LogP contribution is 2.27. The third-order valence-corrected chi connectivity index (χ3v) is 5.10. The topological polar surface area (TPSA) is 75.0 Å². The van der Waals surface area contributed by atoms with Gasteiger partial charge in [0, 0.05) is 15.5 Å². The number of halogens is 1. The van der Waals surface area contributed by atoms with Crippen LogP contribution < -0.4 is 10.1 Å². The molecule has 0 aliphatic rings. The number of ether oxygens (including phenoxy) is 1. The Morgan fingerprint density at radius 1 is 1.27 bits per heavy atom. The average Bonchev–Trinajstić information content (AvgIpc) is 2.66. The molecular weight excluding hydrogens is 414 g/mol. The van der Waals surface area contributed by atoms with E-state index < -0.39 is 0 Å². The molecule has 0 aliphatic heterocycles. The van der Waals surface area contributed by atoms with E-state index >= 15 is 0 Å². The van der Waals surface area contributed by atoms with Gasteiger partial charge in [-0.05, 0) is 48.5 Å². The molecule has 0 radical (unpaired) electrons. The van der Waals surface area contributed by atoms with Crippen LogP contribution in [0.25, 0.3) is 10.9 Å². The number of nitrogens with one attached hydrogen (secondary N) is 1. The number of carbonyl (C=O) groups is 1. The van der Waals surface area contributed by atoms with E-state index in [9.17, 15) is 10.1 Å². The van der Waals surface area contributed by atoms with Crippen LogP contribution in [0, 0.1) is 11.3 Å². The van der Waals surface area contributed by atoms with Gasteiger partial charge in [0.15, 0.2) is 0 Å². The molecule has 0 saturated carbocycles. The molecule has 0 spiro atoms. The molecule has 0 aliphatic carbocycles. The Kier molecular flexibility index (Phi) is 5.76. The first kappa shape index (κ1) is 18.2. The highest BCUT2D eigenvalue weighted by Gasteiger charge is 2.11. The SMILES string of the molecule is COc1ccc2nc(SCC(=O)Nc3ccc(Br)cc3)c(C#N)cc2c1. The number of benzene rings is 2. The summed E-state index contributed by atoms with van der Waals surface area (Å²) in [7, 11) is 1.59. The first-order chi connectivity index (χ1) is 12.6. The quantitative estimate of drug-likeness (QED) is 0.601. The van der Waals surface area contributed by atoms with E-state index in [1.165, 1.54) is 11.8 Å². The van der Waals surface area contributed by atoms with Crippen LogP contribution in [0.4, 0.5) is 5.69 Å². The van der Waals surface area contributed by atoms with Crippen molar-refractivity contribution in [2.45, 2.75) is 5.03 Å². The molecule has 5 nitrogen and oxygen atoms in total. The van der Waals surface area contributed by atoms with Crippen molar-refractivity contribution in [1.29, 1.82) is 5.26 Å². The van der Waals surface area contributed by atoms with E-state index in [0.29, 0.717) is 16.3 Å². The summed E-state index contributed by atoms with van der Waals surface area (Å²) in [5.41, 5.74) is 1.91. The molecule has 0 unspecified atom stereocenters. The molecule has 0 atom stereocenters. The van der Waals surface area contributed by atoms with Gasteiger partial charge in [-0.3, -0.25) is 4.79 Å². The van der Waals surface area contributed by atoms with Crippen molar-refractivity contribution in [2.75, 3.05) is 18.2 Å². The van der Waals surface area contributed by atoms with Crippen molar-refractivity contribution in [1.82, 2.24) is 4.98 Å². The zero-order valence-corrected chi connectivity index (χ0v) is 16.2. The minimum absolute atomic E-state index is 0.155. The van der Waals surface area contributed by atoms with E-state index in [-0.39, 0.29) is 11.7 Å². The molecule has 0 saturated heterocycles. The van der Waals surface area contributed by atoms with Crippen LogP contribution >= 0.6 is 27.7 Å². The van der Waals surface area contributed by atoms with Crippen molar-refractivity contribution in [3.63, 3.8) is 0 Å². The van der Waals surface area contributed by atoms with Gasteiger partial charge in [-0.2, -0.15) is 5.26 Å². The maximum absolute atomic E-state index is 12.1. The van der Waals surface area contributed by atoms with Crippen molar-refractivity contribution >= 4 is 50.2 Å². The molecule has 1 heterocycles. The molecule has 1 amide bonds. The first-order valence-corrected chi connectivity index (χ1v) is 9.44. The highest BCUT2D eigenvalue weighted by atomic mass is 79.9. The molecule has 3 rings (SSSR count). The van der Waals surface area contributed by atoms with E-state index in [4.69, 9.17) is 4.74 Å². The second kappa shape index (κ2) is 8.21. The monoisotopic (exact) mass is 427 g/mol. The fraction of sp³-hybridized carbons (Fsp3) is 0.105. The number of hydrogen-bond acceptors (Lipinski definition) is 5.